The molecule has 0 spiro atoms. The summed E-state index contributed by atoms with van der Waals surface area (Å²) in [5, 5.41) is 11.5. The van der Waals surface area contributed by atoms with Crippen molar-refractivity contribution in [3.05, 3.63) is 29.8 Å². The van der Waals surface area contributed by atoms with Crippen LogP contribution in [0.1, 0.15) is 18.9 Å². The average molecular weight is 290 g/mol. The molecule has 21 heavy (non-hydrogen) atoms. The predicted octanol–water partition coefficient (Wildman–Crippen LogP) is 1.32. The van der Waals surface area contributed by atoms with E-state index >= 15 is 0 Å². The van der Waals surface area contributed by atoms with Gasteiger partial charge >= 0.3 is 5.97 Å². The molecule has 0 aromatic heterocycles. The van der Waals surface area contributed by atoms with Crippen molar-refractivity contribution in [3.63, 3.8) is 0 Å². The summed E-state index contributed by atoms with van der Waals surface area (Å²) in [6, 6.07) is 7.19. The van der Waals surface area contributed by atoms with Crippen LogP contribution in [0.3, 0.4) is 0 Å². The van der Waals surface area contributed by atoms with Gasteiger partial charge in [0.1, 0.15) is 0 Å². The molecule has 112 valence electrons. The first-order chi connectivity index (χ1) is 9.88. The standard InChI is InChI=1S/C15H18N2O4/c1-9(18)17(2)8-10-4-3-5-11(6-10)16-14(19)12-7-13(12)15(20)21/h3-6,12-13H,7-8H2,1-2H3,(H,16,19)(H,20,21). The highest BCUT2D eigenvalue weighted by molar-refractivity contribution is 5.98. The van der Waals surface area contributed by atoms with E-state index in [4.69, 9.17) is 5.11 Å². The van der Waals surface area contributed by atoms with Crippen LogP contribution in [0.2, 0.25) is 0 Å². The summed E-state index contributed by atoms with van der Waals surface area (Å²) in [5.41, 5.74) is 1.52. The Balaban J connectivity index is 1.97. The van der Waals surface area contributed by atoms with Gasteiger partial charge in [0, 0.05) is 26.2 Å². The van der Waals surface area contributed by atoms with Crippen LogP contribution in [0.5, 0.6) is 0 Å². The number of carbonyl (C=O) groups is 3. The van der Waals surface area contributed by atoms with E-state index in [1.807, 2.05) is 6.07 Å². The van der Waals surface area contributed by atoms with Gasteiger partial charge in [0.2, 0.25) is 11.8 Å². The summed E-state index contributed by atoms with van der Waals surface area (Å²) in [6.45, 7) is 1.95. The quantitative estimate of drug-likeness (QED) is 0.856. The SMILES string of the molecule is CC(=O)N(C)Cc1cccc(NC(=O)C2CC2C(=O)O)c1. The third-order valence-corrected chi connectivity index (χ3v) is 3.60. The fourth-order valence-electron chi connectivity index (χ4n) is 2.13. The Labute approximate surface area is 122 Å². The van der Waals surface area contributed by atoms with Crippen molar-refractivity contribution in [2.45, 2.75) is 19.9 Å². The fourth-order valence-corrected chi connectivity index (χ4v) is 2.13. The Morgan fingerprint density at radius 2 is 2.05 bits per heavy atom. The zero-order valence-electron chi connectivity index (χ0n) is 12.0. The fraction of sp³-hybridized carbons (Fsp3) is 0.400. The van der Waals surface area contributed by atoms with E-state index in [0.29, 0.717) is 18.7 Å². The second-order valence-electron chi connectivity index (χ2n) is 5.35. The van der Waals surface area contributed by atoms with E-state index in [2.05, 4.69) is 5.32 Å². The lowest BCUT2D eigenvalue weighted by atomic mass is 10.2. The van der Waals surface area contributed by atoms with Gasteiger partial charge in [0.15, 0.2) is 0 Å². The average Bonchev–Trinajstić information content (AvgIpc) is 3.19. The molecule has 1 aliphatic carbocycles. The van der Waals surface area contributed by atoms with Gasteiger partial charge in [-0.2, -0.15) is 0 Å². The third-order valence-electron chi connectivity index (χ3n) is 3.60. The number of carbonyl (C=O) groups excluding carboxylic acids is 2. The lowest BCUT2D eigenvalue weighted by Gasteiger charge is -2.15. The van der Waals surface area contributed by atoms with Gasteiger partial charge in [-0.15, -0.1) is 0 Å². The Kier molecular flexibility index (Phi) is 4.26. The topological polar surface area (TPSA) is 86.7 Å². The summed E-state index contributed by atoms with van der Waals surface area (Å²) in [4.78, 5) is 35.4. The van der Waals surface area contributed by atoms with Crippen LogP contribution in [0.15, 0.2) is 24.3 Å². The molecule has 2 N–H and O–H groups in total. The molecule has 6 heteroatoms. The van der Waals surface area contributed by atoms with Crippen molar-refractivity contribution in [1.82, 2.24) is 4.90 Å². The van der Waals surface area contributed by atoms with Crippen molar-refractivity contribution in [2.24, 2.45) is 11.8 Å². The summed E-state index contributed by atoms with van der Waals surface area (Å²) in [5.74, 6) is -2.22. The van der Waals surface area contributed by atoms with E-state index in [-0.39, 0.29) is 11.8 Å². The zero-order chi connectivity index (χ0) is 15.6. The second-order valence-corrected chi connectivity index (χ2v) is 5.35. The molecule has 1 saturated carbocycles. The van der Waals surface area contributed by atoms with Crippen LogP contribution in [-0.2, 0) is 20.9 Å². The van der Waals surface area contributed by atoms with Crippen LogP contribution in [0.25, 0.3) is 0 Å². The number of nitrogens with one attached hydrogen (secondary N) is 1. The van der Waals surface area contributed by atoms with E-state index in [1.165, 1.54) is 6.92 Å². The van der Waals surface area contributed by atoms with Gasteiger partial charge in [-0.25, -0.2) is 0 Å². The normalized spacial score (nSPS) is 19.7. The number of hydrogen-bond donors (Lipinski definition) is 2. The molecule has 0 heterocycles. The van der Waals surface area contributed by atoms with Crippen molar-refractivity contribution in [3.8, 4) is 0 Å². The molecule has 1 aromatic rings. The first-order valence-corrected chi connectivity index (χ1v) is 6.73. The van der Waals surface area contributed by atoms with Gasteiger partial charge in [0.25, 0.3) is 0 Å². The van der Waals surface area contributed by atoms with Crippen LogP contribution < -0.4 is 5.32 Å². The number of carboxylic acids is 1. The molecule has 1 fully saturated rings. The molecule has 6 nitrogen and oxygen atoms in total. The molecule has 1 aromatic carbocycles. The number of benzene rings is 1. The molecular weight excluding hydrogens is 272 g/mol. The number of rotatable bonds is 5. The van der Waals surface area contributed by atoms with Crippen molar-refractivity contribution in [2.75, 3.05) is 12.4 Å². The summed E-state index contributed by atoms with van der Waals surface area (Å²) in [7, 11) is 1.70. The predicted molar refractivity (Wildman–Crippen MR) is 76.5 cm³/mol. The van der Waals surface area contributed by atoms with Gasteiger partial charge in [-0.1, -0.05) is 12.1 Å². The Hall–Kier alpha value is -2.37. The minimum absolute atomic E-state index is 0.0354. The first-order valence-electron chi connectivity index (χ1n) is 6.73. The number of hydrogen-bond acceptors (Lipinski definition) is 3. The maximum absolute atomic E-state index is 11.9. The number of aliphatic carboxylic acids is 1. The van der Waals surface area contributed by atoms with E-state index in [1.54, 1.807) is 30.1 Å². The molecular formula is C15H18N2O4. The summed E-state index contributed by atoms with van der Waals surface area (Å²) >= 11 is 0. The highest BCUT2D eigenvalue weighted by atomic mass is 16.4. The Bertz CT molecular complexity index is 585. The summed E-state index contributed by atoms with van der Waals surface area (Å²) < 4.78 is 0. The van der Waals surface area contributed by atoms with Gasteiger partial charge in [0.05, 0.1) is 11.8 Å². The highest BCUT2D eigenvalue weighted by Crippen LogP contribution is 2.39. The maximum Gasteiger partial charge on any atom is 0.307 e. The Morgan fingerprint density at radius 1 is 1.33 bits per heavy atom. The van der Waals surface area contributed by atoms with Crippen molar-refractivity contribution in [1.29, 1.82) is 0 Å². The number of amides is 2. The number of anilines is 1. The first kappa shape index (κ1) is 15.0. The highest BCUT2D eigenvalue weighted by Gasteiger charge is 2.48. The molecule has 2 rings (SSSR count). The monoisotopic (exact) mass is 290 g/mol. The molecule has 0 saturated heterocycles. The molecule has 2 atom stereocenters. The van der Waals surface area contributed by atoms with Crippen LogP contribution >= 0.6 is 0 Å². The van der Waals surface area contributed by atoms with E-state index < -0.39 is 17.8 Å². The van der Waals surface area contributed by atoms with Gasteiger partial charge in [-0.05, 0) is 24.1 Å². The molecule has 2 unspecified atom stereocenters. The second kappa shape index (κ2) is 5.95. The van der Waals surface area contributed by atoms with Gasteiger partial charge < -0.3 is 15.3 Å². The van der Waals surface area contributed by atoms with Crippen molar-refractivity contribution >= 4 is 23.5 Å². The van der Waals surface area contributed by atoms with Gasteiger partial charge in [-0.3, -0.25) is 14.4 Å². The molecule has 1 aliphatic rings. The third kappa shape index (κ3) is 3.81. The summed E-state index contributed by atoms with van der Waals surface area (Å²) in [6.07, 6.45) is 0.397. The van der Waals surface area contributed by atoms with Crippen LogP contribution in [0.4, 0.5) is 5.69 Å². The smallest absolute Gasteiger partial charge is 0.307 e. The van der Waals surface area contributed by atoms with Crippen molar-refractivity contribution < 1.29 is 19.5 Å². The molecule has 2 amide bonds. The minimum atomic E-state index is -0.924. The molecule has 0 bridgehead atoms. The zero-order valence-corrected chi connectivity index (χ0v) is 12.0. The number of nitrogens with zero attached hydrogens (tertiary/aromatic N) is 1. The van der Waals surface area contributed by atoms with E-state index in [0.717, 1.165) is 5.56 Å². The number of carboxylic acid groups (broad SMARTS) is 1. The largest absolute Gasteiger partial charge is 0.481 e. The minimum Gasteiger partial charge on any atom is -0.481 e. The molecule has 0 radical (unpaired) electrons. The van der Waals surface area contributed by atoms with E-state index in [9.17, 15) is 14.4 Å². The van der Waals surface area contributed by atoms with Crippen LogP contribution in [-0.4, -0.2) is 34.8 Å². The maximum atomic E-state index is 11.9. The Morgan fingerprint density at radius 3 is 2.62 bits per heavy atom. The molecule has 0 aliphatic heterocycles. The van der Waals surface area contributed by atoms with Crippen LogP contribution in [0, 0.1) is 11.8 Å². The lowest BCUT2D eigenvalue weighted by Crippen LogP contribution is -2.23. The lowest BCUT2D eigenvalue weighted by molar-refractivity contribution is -0.139.